The molecule has 33 heavy (non-hydrogen) atoms. The van der Waals surface area contributed by atoms with Crippen LogP contribution in [0.1, 0.15) is 23.2 Å². The summed E-state index contributed by atoms with van der Waals surface area (Å²) < 4.78 is 49.1. The molecule has 2 aliphatic rings. The second-order valence-corrected chi connectivity index (χ2v) is 8.72. The van der Waals surface area contributed by atoms with E-state index in [2.05, 4.69) is 31.3 Å². The van der Waals surface area contributed by atoms with Crippen molar-refractivity contribution < 1.29 is 32.2 Å². The van der Waals surface area contributed by atoms with E-state index in [0.29, 0.717) is 44.8 Å². The summed E-state index contributed by atoms with van der Waals surface area (Å²) in [5.41, 5.74) is -0.428. The Morgan fingerprint density at radius 1 is 1.03 bits per heavy atom. The molecule has 1 aliphatic carbocycles. The van der Waals surface area contributed by atoms with Crippen LogP contribution in [0.3, 0.4) is 0 Å². The Labute approximate surface area is 196 Å². The lowest BCUT2D eigenvalue weighted by Gasteiger charge is -2.34. The second-order valence-electron chi connectivity index (χ2n) is 7.80. The fourth-order valence-electron chi connectivity index (χ4n) is 3.75. The molecule has 0 aromatic heterocycles. The summed E-state index contributed by atoms with van der Waals surface area (Å²) in [6.45, 7) is 2.11. The summed E-state index contributed by atoms with van der Waals surface area (Å²) in [7, 11) is 0. The molecule has 2 aromatic rings. The monoisotopic (exact) mass is 527 g/mol. The quantitative estimate of drug-likeness (QED) is 0.581. The first kappa shape index (κ1) is 23.5. The molecule has 1 aliphatic heterocycles. The van der Waals surface area contributed by atoms with Gasteiger partial charge >= 0.3 is 6.36 Å². The third kappa shape index (κ3) is 5.66. The number of hydrogen-bond donors (Lipinski definition) is 2. The number of nitrogens with one attached hydrogen (secondary N) is 2. The number of nitrogens with zero attached hydrogens (tertiary/aromatic N) is 1. The Balaban J connectivity index is 1.56. The summed E-state index contributed by atoms with van der Waals surface area (Å²) in [4.78, 5) is 27.7. The second kappa shape index (κ2) is 9.32. The van der Waals surface area contributed by atoms with E-state index >= 15 is 0 Å². The minimum Gasteiger partial charge on any atom is -0.404 e. The number of carbonyl (C=O) groups is 2. The van der Waals surface area contributed by atoms with Crippen molar-refractivity contribution in [3.05, 3.63) is 52.5 Å². The minimum atomic E-state index is -4.96. The van der Waals surface area contributed by atoms with Crippen LogP contribution in [-0.2, 0) is 9.53 Å². The van der Waals surface area contributed by atoms with Gasteiger partial charge in [0, 0.05) is 28.8 Å². The smallest absolute Gasteiger partial charge is 0.404 e. The van der Waals surface area contributed by atoms with Crippen LogP contribution in [0.5, 0.6) is 5.75 Å². The van der Waals surface area contributed by atoms with Gasteiger partial charge in [0.05, 0.1) is 18.9 Å². The number of morpholine rings is 1. The molecule has 0 atom stereocenters. The number of alkyl halides is 3. The average Bonchev–Trinajstić information content (AvgIpc) is 3.58. The molecule has 2 amide bonds. The molecule has 4 rings (SSSR count). The van der Waals surface area contributed by atoms with Crippen LogP contribution in [0.2, 0.25) is 0 Å². The molecule has 0 radical (unpaired) electrons. The normalized spacial score (nSPS) is 17.8. The number of halogens is 4. The molecule has 0 spiro atoms. The van der Waals surface area contributed by atoms with E-state index in [1.165, 1.54) is 12.1 Å². The molecular formula is C22H21BrF3N3O4. The van der Waals surface area contributed by atoms with Gasteiger partial charge in [0.1, 0.15) is 5.54 Å². The number of hydrogen-bond acceptors (Lipinski definition) is 5. The van der Waals surface area contributed by atoms with E-state index in [1.807, 2.05) is 4.90 Å². The van der Waals surface area contributed by atoms with Gasteiger partial charge in [-0.2, -0.15) is 0 Å². The fourth-order valence-corrected chi connectivity index (χ4v) is 4.02. The number of rotatable bonds is 6. The van der Waals surface area contributed by atoms with Crippen LogP contribution in [0.15, 0.2) is 46.9 Å². The Morgan fingerprint density at radius 3 is 2.30 bits per heavy atom. The first-order valence-electron chi connectivity index (χ1n) is 10.3. The lowest BCUT2D eigenvalue weighted by Crippen LogP contribution is -2.51. The molecule has 176 valence electrons. The molecule has 2 aromatic carbocycles. The molecule has 1 heterocycles. The molecule has 2 N–H and O–H groups in total. The van der Waals surface area contributed by atoms with Gasteiger partial charge in [-0.1, -0.05) is 15.9 Å². The lowest BCUT2D eigenvalue weighted by molar-refractivity contribution is -0.274. The summed E-state index contributed by atoms with van der Waals surface area (Å²) in [5.74, 6) is -1.56. The van der Waals surface area contributed by atoms with Crippen molar-refractivity contribution in [2.75, 3.05) is 36.9 Å². The molecule has 0 unspecified atom stereocenters. The van der Waals surface area contributed by atoms with Gasteiger partial charge in [-0.05, 0) is 55.3 Å². The predicted molar refractivity (Wildman–Crippen MR) is 118 cm³/mol. The fraction of sp³-hybridized carbons (Fsp3) is 0.364. The van der Waals surface area contributed by atoms with Crippen LogP contribution >= 0.6 is 15.9 Å². The zero-order chi connectivity index (χ0) is 23.6. The molecule has 1 saturated heterocycles. The highest BCUT2D eigenvalue weighted by Gasteiger charge is 2.54. The summed E-state index contributed by atoms with van der Waals surface area (Å²) in [6.07, 6.45) is -3.77. The van der Waals surface area contributed by atoms with Gasteiger partial charge in [0.25, 0.3) is 5.91 Å². The Bertz CT molecular complexity index is 1040. The van der Waals surface area contributed by atoms with Gasteiger partial charge in [0.2, 0.25) is 5.91 Å². The average molecular weight is 528 g/mol. The molecule has 1 saturated carbocycles. The van der Waals surface area contributed by atoms with Crippen molar-refractivity contribution in [3.8, 4) is 5.75 Å². The highest BCUT2D eigenvalue weighted by molar-refractivity contribution is 9.10. The van der Waals surface area contributed by atoms with E-state index in [-0.39, 0.29) is 11.3 Å². The third-order valence-corrected chi connectivity index (χ3v) is 6.11. The zero-order valence-corrected chi connectivity index (χ0v) is 19.0. The largest absolute Gasteiger partial charge is 0.573 e. The molecular weight excluding hydrogens is 507 g/mol. The lowest BCUT2D eigenvalue weighted by atomic mass is 10.1. The van der Waals surface area contributed by atoms with Gasteiger partial charge in [-0.3, -0.25) is 14.5 Å². The van der Waals surface area contributed by atoms with Crippen LogP contribution in [0.25, 0.3) is 0 Å². The standard InChI is InChI=1S/C22H21BrF3N3O4/c23-15-2-4-16(5-3-15)27-19(30)14-1-6-18(33-22(24,25)26)17(13-14)28-20(31)21(7-8-21)29-9-11-32-12-10-29/h1-6,13H,7-12H2,(H,27,30)(H,28,31). The summed E-state index contributed by atoms with van der Waals surface area (Å²) in [5, 5.41) is 5.24. The molecule has 0 bridgehead atoms. The highest BCUT2D eigenvalue weighted by atomic mass is 79.9. The number of benzene rings is 2. The van der Waals surface area contributed by atoms with Gasteiger partial charge < -0.3 is 20.1 Å². The highest BCUT2D eigenvalue weighted by Crippen LogP contribution is 2.44. The number of anilines is 2. The zero-order valence-electron chi connectivity index (χ0n) is 17.4. The maximum atomic E-state index is 13.1. The first-order chi connectivity index (χ1) is 15.7. The predicted octanol–water partition coefficient (Wildman–Crippen LogP) is 4.40. The summed E-state index contributed by atoms with van der Waals surface area (Å²) >= 11 is 3.30. The van der Waals surface area contributed by atoms with Crippen molar-refractivity contribution in [3.63, 3.8) is 0 Å². The van der Waals surface area contributed by atoms with Gasteiger partial charge in [0.15, 0.2) is 5.75 Å². The molecule has 11 heteroatoms. The Kier molecular flexibility index (Phi) is 6.64. The van der Waals surface area contributed by atoms with Crippen LogP contribution in [0.4, 0.5) is 24.5 Å². The van der Waals surface area contributed by atoms with E-state index in [1.54, 1.807) is 24.3 Å². The SMILES string of the molecule is O=C(Nc1ccc(Br)cc1)c1ccc(OC(F)(F)F)c(NC(=O)C2(N3CCOCC3)CC2)c1. The van der Waals surface area contributed by atoms with Gasteiger partial charge in [-0.25, -0.2) is 0 Å². The first-order valence-corrected chi connectivity index (χ1v) is 11.1. The van der Waals surface area contributed by atoms with Crippen molar-refractivity contribution in [1.29, 1.82) is 0 Å². The van der Waals surface area contributed by atoms with E-state index in [9.17, 15) is 22.8 Å². The van der Waals surface area contributed by atoms with Crippen LogP contribution < -0.4 is 15.4 Å². The number of carbonyl (C=O) groups excluding carboxylic acids is 2. The Hall–Kier alpha value is -2.63. The van der Waals surface area contributed by atoms with E-state index in [0.717, 1.165) is 10.5 Å². The van der Waals surface area contributed by atoms with Crippen molar-refractivity contribution >= 4 is 39.1 Å². The minimum absolute atomic E-state index is 0.0685. The number of amides is 2. The third-order valence-electron chi connectivity index (χ3n) is 5.58. The maximum Gasteiger partial charge on any atom is 0.573 e. The summed E-state index contributed by atoms with van der Waals surface area (Å²) in [6, 6.07) is 10.2. The van der Waals surface area contributed by atoms with Crippen molar-refractivity contribution in [2.45, 2.75) is 24.7 Å². The van der Waals surface area contributed by atoms with E-state index in [4.69, 9.17) is 4.74 Å². The van der Waals surface area contributed by atoms with Crippen LogP contribution in [-0.4, -0.2) is 54.9 Å². The topological polar surface area (TPSA) is 79.9 Å². The van der Waals surface area contributed by atoms with Crippen molar-refractivity contribution in [1.82, 2.24) is 4.90 Å². The maximum absolute atomic E-state index is 13.1. The van der Waals surface area contributed by atoms with Crippen LogP contribution in [0, 0.1) is 0 Å². The van der Waals surface area contributed by atoms with E-state index < -0.39 is 29.5 Å². The number of ether oxygens (including phenoxy) is 2. The Morgan fingerprint density at radius 2 is 1.70 bits per heavy atom. The van der Waals surface area contributed by atoms with Crippen molar-refractivity contribution in [2.24, 2.45) is 0 Å². The molecule has 7 nitrogen and oxygen atoms in total. The van der Waals surface area contributed by atoms with Gasteiger partial charge in [-0.15, -0.1) is 13.2 Å². The molecule has 2 fully saturated rings.